The molecule has 2 N–H and O–H groups in total. The summed E-state index contributed by atoms with van der Waals surface area (Å²) in [6.07, 6.45) is 0. The SMILES string of the molecule is CCNC(=NCc1ccc(OC)c(OC)c1)NCc1cc(C(=O)OC)c(C)o1.I. The molecular weight excluding hydrogens is 489 g/mol. The maximum atomic E-state index is 11.7. The first-order valence-corrected chi connectivity index (χ1v) is 8.93. The van der Waals surface area contributed by atoms with E-state index in [0.717, 1.165) is 5.56 Å². The number of hydrogen-bond donors (Lipinski definition) is 2. The minimum Gasteiger partial charge on any atom is -0.493 e. The van der Waals surface area contributed by atoms with Crippen LogP contribution in [0.2, 0.25) is 0 Å². The number of hydrogen-bond acceptors (Lipinski definition) is 6. The van der Waals surface area contributed by atoms with E-state index in [1.165, 1.54) is 7.11 Å². The van der Waals surface area contributed by atoms with Gasteiger partial charge in [0, 0.05) is 6.54 Å². The minimum atomic E-state index is -0.415. The van der Waals surface area contributed by atoms with Crippen molar-refractivity contribution in [3.63, 3.8) is 0 Å². The first-order chi connectivity index (χ1) is 13.5. The van der Waals surface area contributed by atoms with E-state index in [-0.39, 0.29) is 24.0 Å². The molecule has 0 amide bonds. The number of nitrogens with zero attached hydrogens (tertiary/aromatic N) is 1. The van der Waals surface area contributed by atoms with Gasteiger partial charge in [0.05, 0.1) is 34.4 Å². The number of methoxy groups -OCH3 is 3. The van der Waals surface area contributed by atoms with Crippen LogP contribution >= 0.6 is 24.0 Å². The Morgan fingerprint density at radius 3 is 2.45 bits per heavy atom. The maximum absolute atomic E-state index is 11.7. The number of rotatable bonds is 8. The second-order valence-corrected chi connectivity index (χ2v) is 5.91. The van der Waals surface area contributed by atoms with Crippen LogP contribution in [0.3, 0.4) is 0 Å². The van der Waals surface area contributed by atoms with Crippen molar-refractivity contribution < 1.29 is 23.4 Å². The Morgan fingerprint density at radius 2 is 1.83 bits per heavy atom. The normalized spacial score (nSPS) is 10.7. The van der Waals surface area contributed by atoms with Gasteiger partial charge in [-0.1, -0.05) is 6.07 Å². The van der Waals surface area contributed by atoms with E-state index < -0.39 is 5.97 Å². The van der Waals surface area contributed by atoms with Crippen LogP contribution in [-0.4, -0.2) is 39.8 Å². The summed E-state index contributed by atoms with van der Waals surface area (Å²) >= 11 is 0. The number of nitrogens with one attached hydrogen (secondary N) is 2. The molecule has 0 spiro atoms. The number of aryl methyl sites for hydroxylation is 1. The van der Waals surface area contributed by atoms with Crippen molar-refractivity contribution in [2.75, 3.05) is 27.9 Å². The van der Waals surface area contributed by atoms with E-state index in [1.54, 1.807) is 27.2 Å². The summed E-state index contributed by atoms with van der Waals surface area (Å²) in [4.78, 5) is 16.3. The van der Waals surface area contributed by atoms with Gasteiger partial charge in [0.2, 0.25) is 0 Å². The largest absolute Gasteiger partial charge is 0.493 e. The fourth-order valence-electron chi connectivity index (χ4n) is 2.61. The highest BCUT2D eigenvalue weighted by atomic mass is 127. The van der Waals surface area contributed by atoms with E-state index in [0.29, 0.717) is 54.2 Å². The van der Waals surface area contributed by atoms with Crippen LogP contribution in [0.1, 0.15) is 34.4 Å². The first-order valence-electron chi connectivity index (χ1n) is 8.93. The molecule has 9 heteroatoms. The van der Waals surface area contributed by atoms with Crippen molar-refractivity contribution in [3.05, 3.63) is 46.9 Å². The lowest BCUT2D eigenvalue weighted by molar-refractivity contribution is 0.0599. The smallest absolute Gasteiger partial charge is 0.341 e. The molecule has 0 unspecified atom stereocenters. The van der Waals surface area contributed by atoms with Gasteiger partial charge >= 0.3 is 5.97 Å². The number of esters is 1. The summed E-state index contributed by atoms with van der Waals surface area (Å²) in [5.41, 5.74) is 1.41. The number of furan rings is 1. The summed E-state index contributed by atoms with van der Waals surface area (Å²) < 4.78 is 20.9. The van der Waals surface area contributed by atoms with Gasteiger partial charge in [-0.2, -0.15) is 0 Å². The van der Waals surface area contributed by atoms with E-state index >= 15 is 0 Å². The van der Waals surface area contributed by atoms with Crippen molar-refractivity contribution >= 4 is 35.9 Å². The molecule has 160 valence electrons. The van der Waals surface area contributed by atoms with Gasteiger partial charge in [-0.05, 0) is 37.6 Å². The molecule has 0 saturated carbocycles. The average molecular weight is 517 g/mol. The zero-order chi connectivity index (χ0) is 20.5. The van der Waals surface area contributed by atoms with Crippen LogP contribution in [-0.2, 0) is 17.8 Å². The molecule has 2 rings (SSSR count). The van der Waals surface area contributed by atoms with Gasteiger partial charge < -0.3 is 29.3 Å². The zero-order valence-electron chi connectivity index (χ0n) is 17.3. The van der Waals surface area contributed by atoms with Crippen LogP contribution in [0.4, 0.5) is 0 Å². The quantitative estimate of drug-likeness (QED) is 0.240. The van der Waals surface area contributed by atoms with E-state index in [1.807, 2.05) is 25.1 Å². The van der Waals surface area contributed by atoms with Crippen molar-refractivity contribution in [1.82, 2.24) is 10.6 Å². The topological polar surface area (TPSA) is 94.3 Å². The monoisotopic (exact) mass is 517 g/mol. The predicted octanol–water partition coefficient (Wildman–Crippen LogP) is 3.27. The molecule has 29 heavy (non-hydrogen) atoms. The van der Waals surface area contributed by atoms with Crippen molar-refractivity contribution in [1.29, 1.82) is 0 Å². The van der Waals surface area contributed by atoms with Crippen molar-refractivity contribution in [3.8, 4) is 11.5 Å². The predicted molar refractivity (Wildman–Crippen MR) is 121 cm³/mol. The maximum Gasteiger partial charge on any atom is 0.341 e. The first kappa shape index (κ1) is 24.6. The van der Waals surface area contributed by atoms with Crippen molar-refractivity contribution in [2.24, 2.45) is 4.99 Å². The summed E-state index contributed by atoms with van der Waals surface area (Å²) in [6.45, 7) is 5.27. The summed E-state index contributed by atoms with van der Waals surface area (Å²) in [7, 11) is 4.55. The van der Waals surface area contributed by atoms with Gasteiger partial charge in [-0.15, -0.1) is 24.0 Å². The highest BCUT2D eigenvalue weighted by Crippen LogP contribution is 2.27. The summed E-state index contributed by atoms with van der Waals surface area (Å²) in [5.74, 6) is 2.70. The Labute approximate surface area is 188 Å². The molecule has 0 bridgehead atoms. The second kappa shape index (κ2) is 12.2. The van der Waals surface area contributed by atoms with Crippen LogP contribution < -0.4 is 20.1 Å². The lowest BCUT2D eigenvalue weighted by atomic mass is 10.2. The highest BCUT2D eigenvalue weighted by molar-refractivity contribution is 14.0. The molecule has 1 heterocycles. The molecular formula is C20H28IN3O5. The molecule has 0 aliphatic carbocycles. The number of carbonyl (C=O) groups is 1. The Kier molecular flexibility index (Phi) is 10.4. The summed E-state index contributed by atoms with van der Waals surface area (Å²) in [6, 6.07) is 7.35. The molecule has 2 aromatic rings. The molecule has 0 radical (unpaired) electrons. The van der Waals surface area contributed by atoms with Gasteiger partial charge in [0.15, 0.2) is 17.5 Å². The Balaban J connectivity index is 0.00000420. The number of benzene rings is 1. The third-order valence-electron chi connectivity index (χ3n) is 4.02. The van der Waals surface area contributed by atoms with Crippen LogP contribution in [0.15, 0.2) is 33.7 Å². The average Bonchev–Trinajstić information content (AvgIpc) is 3.09. The second-order valence-electron chi connectivity index (χ2n) is 5.91. The Morgan fingerprint density at radius 1 is 1.10 bits per heavy atom. The molecule has 1 aromatic heterocycles. The third kappa shape index (κ3) is 6.84. The number of carbonyl (C=O) groups excluding carboxylic acids is 1. The van der Waals surface area contributed by atoms with Crippen molar-refractivity contribution in [2.45, 2.75) is 26.9 Å². The van der Waals surface area contributed by atoms with Gasteiger partial charge in [0.1, 0.15) is 17.1 Å². The number of ether oxygens (including phenoxy) is 3. The Hall–Kier alpha value is -2.43. The molecule has 0 fully saturated rings. The highest BCUT2D eigenvalue weighted by Gasteiger charge is 2.15. The van der Waals surface area contributed by atoms with E-state index in [9.17, 15) is 4.79 Å². The standard InChI is InChI=1S/C20H27N3O5.HI/c1-6-21-20(22-11-14-7-8-17(25-3)18(9-14)26-4)23-12-15-10-16(13(2)28-15)19(24)27-5;/h7-10H,6,11-12H2,1-5H3,(H2,21,22,23);1H. The third-order valence-corrected chi connectivity index (χ3v) is 4.02. The lowest BCUT2D eigenvalue weighted by Crippen LogP contribution is -2.36. The van der Waals surface area contributed by atoms with Gasteiger partial charge in [-0.25, -0.2) is 9.79 Å². The molecule has 8 nitrogen and oxygen atoms in total. The molecule has 0 saturated heterocycles. The molecule has 0 aliphatic rings. The van der Waals surface area contributed by atoms with Crippen LogP contribution in [0.5, 0.6) is 11.5 Å². The Bertz CT molecular complexity index is 836. The number of guanidine groups is 1. The fraction of sp³-hybridized carbons (Fsp3) is 0.400. The van der Waals surface area contributed by atoms with Crippen LogP contribution in [0.25, 0.3) is 0 Å². The van der Waals surface area contributed by atoms with Crippen LogP contribution in [0, 0.1) is 6.92 Å². The molecule has 0 atom stereocenters. The zero-order valence-corrected chi connectivity index (χ0v) is 19.7. The summed E-state index contributed by atoms with van der Waals surface area (Å²) in [5, 5.41) is 6.37. The van der Waals surface area contributed by atoms with E-state index in [4.69, 9.17) is 18.6 Å². The minimum absolute atomic E-state index is 0. The van der Waals surface area contributed by atoms with E-state index in [2.05, 4.69) is 15.6 Å². The molecule has 1 aromatic carbocycles. The number of aliphatic imine (C=N–C) groups is 1. The van der Waals surface area contributed by atoms with Gasteiger partial charge in [-0.3, -0.25) is 0 Å². The number of halogens is 1. The van der Waals surface area contributed by atoms with Gasteiger partial charge in [0.25, 0.3) is 0 Å². The lowest BCUT2D eigenvalue weighted by Gasteiger charge is -2.11. The molecule has 0 aliphatic heterocycles. The fourth-order valence-corrected chi connectivity index (χ4v) is 2.61.